The molecule has 1 aliphatic rings. The van der Waals surface area contributed by atoms with E-state index in [-0.39, 0.29) is 42.6 Å². The summed E-state index contributed by atoms with van der Waals surface area (Å²) in [5, 5.41) is 10.2. The number of benzene rings is 1. The molecule has 1 aliphatic heterocycles. The van der Waals surface area contributed by atoms with Crippen LogP contribution in [0, 0.1) is 5.92 Å². The summed E-state index contributed by atoms with van der Waals surface area (Å²) < 4.78 is 11.2. The predicted octanol–water partition coefficient (Wildman–Crippen LogP) is 3.86. The summed E-state index contributed by atoms with van der Waals surface area (Å²) in [6, 6.07) is 6.23. The molecular weight excluding hydrogens is 484 g/mol. The highest BCUT2D eigenvalue weighted by molar-refractivity contribution is 6.31. The molecule has 2 heterocycles. The van der Waals surface area contributed by atoms with Gasteiger partial charge >= 0.3 is 0 Å². The second-order valence-corrected chi connectivity index (χ2v) is 9.90. The predicted molar refractivity (Wildman–Crippen MR) is 136 cm³/mol. The summed E-state index contributed by atoms with van der Waals surface area (Å²) in [4.78, 5) is 40.5. The Morgan fingerprint density at radius 3 is 2.81 bits per heavy atom. The number of amides is 3. The molecule has 0 unspecified atom stereocenters. The second kappa shape index (κ2) is 13.3. The number of nitrogens with one attached hydrogen (secondary N) is 2. The van der Waals surface area contributed by atoms with E-state index in [0.29, 0.717) is 66.8 Å². The number of nitrogens with zero attached hydrogens (tertiary/aromatic N) is 2. The first kappa shape index (κ1) is 27.5. The van der Waals surface area contributed by atoms with Gasteiger partial charge in [-0.1, -0.05) is 37.5 Å². The Labute approximate surface area is 216 Å². The lowest BCUT2D eigenvalue weighted by Gasteiger charge is -2.25. The van der Waals surface area contributed by atoms with Gasteiger partial charge < -0.3 is 24.8 Å². The number of aryl methyl sites for hydroxylation is 1. The van der Waals surface area contributed by atoms with Crippen LogP contribution in [0.15, 0.2) is 28.8 Å². The van der Waals surface area contributed by atoms with E-state index >= 15 is 0 Å². The molecule has 2 aromatic rings. The van der Waals surface area contributed by atoms with E-state index < -0.39 is 0 Å². The van der Waals surface area contributed by atoms with Crippen LogP contribution in [0.3, 0.4) is 0 Å². The number of fused-ring (bicyclic) bond motifs is 1. The maximum absolute atomic E-state index is 13.2. The Kier molecular flexibility index (Phi) is 10.2. The zero-order valence-corrected chi connectivity index (χ0v) is 21.9. The molecule has 36 heavy (non-hydrogen) atoms. The molecule has 0 fully saturated rings. The van der Waals surface area contributed by atoms with Gasteiger partial charge in [0.2, 0.25) is 5.91 Å². The summed E-state index contributed by atoms with van der Waals surface area (Å²) >= 11 is 6.13. The third-order valence-electron chi connectivity index (χ3n) is 5.78. The minimum absolute atomic E-state index is 0.109. The molecule has 1 atom stereocenters. The third-order valence-corrected chi connectivity index (χ3v) is 6.02. The van der Waals surface area contributed by atoms with Gasteiger partial charge in [-0.05, 0) is 49.8 Å². The minimum atomic E-state index is -0.358. The monoisotopic (exact) mass is 518 g/mol. The van der Waals surface area contributed by atoms with Crippen LogP contribution in [0.2, 0.25) is 5.02 Å². The van der Waals surface area contributed by atoms with Crippen molar-refractivity contribution in [2.75, 3.05) is 26.2 Å². The van der Waals surface area contributed by atoms with Gasteiger partial charge in [-0.15, -0.1) is 0 Å². The fraction of sp³-hybridized carbons (Fsp3) is 0.538. The molecule has 196 valence electrons. The van der Waals surface area contributed by atoms with Gasteiger partial charge in [0.1, 0.15) is 18.1 Å². The molecule has 1 aromatic carbocycles. The van der Waals surface area contributed by atoms with Crippen LogP contribution in [0.25, 0.3) is 0 Å². The summed E-state index contributed by atoms with van der Waals surface area (Å²) in [6.07, 6.45) is 3.43. The lowest BCUT2D eigenvalue weighted by atomic mass is 10.0. The molecule has 0 spiro atoms. The Hall–Kier alpha value is -3.07. The molecule has 3 amide bonds. The summed E-state index contributed by atoms with van der Waals surface area (Å²) in [7, 11) is 0. The SMILES string of the molecule is CCCc1cc(C(=O)N2CCCCNC(=O)c3cc(Cl)ccc3OC[C@@H](CC(C)C)NC(=O)C2)no1. The number of hydrogen-bond donors (Lipinski definition) is 2. The number of carbonyl (C=O) groups is 3. The van der Waals surface area contributed by atoms with Crippen molar-refractivity contribution in [1.82, 2.24) is 20.7 Å². The number of rotatable bonds is 5. The van der Waals surface area contributed by atoms with E-state index in [1.54, 1.807) is 24.3 Å². The van der Waals surface area contributed by atoms with E-state index in [1.165, 1.54) is 4.90 Å². The maximum atomic E-state index is 13.2. The first-order valence-electron chi connectivity index (χ1n) is 12.5. The van der Waals surface area contributed by atoms with Crippen molar-refractivity contribution in [2.45, 2.75) is 58.9 Å². The maximum Gasteiger partial charge on any atom is 0.276 e. The molecule has 0 saturated carbocycles. The standard InChI is InChI=1S/C26H35ClN4O5/c1-4-7-20-14-22(30-36-20)26(34)31-11-6-5-10-28-25(33)21-13-18(27)8-9-23(21)35-16-19(12-17(2)3)29-24(32)15-31/h8-9,13-14,17,19H,4-7,10-12,15-16H2,1-3H3,(H,28,33)(H,29,32)/t19-/m1/s1. The van der Waals surface area contributed by atoms with Crippen molar-refractivity contribution < 1.29 is 23.6 Å². The third kappa shape index (κ3) is 7.98. The highest BCUT2D eigenvalue weighted by Crippen LogP contribution is 2.24. The van der Waals surface area contributed by atoms with E-state index in [0.717, 1.165) is 6.42 Å². The Bertz CT molecular complexity index is 1050. The number of hydrogen-bond acceptors (Lipinski definition) is 6. The van der Waals surface area contributed by atoms with Crippen LogP contribution in [0.4, 0.5) is 0 Å². The van der Waals surface area contributed by atoms with Gasteiger partial charge in [0, 0.05) is 30.6 Å². The van der Waals surface area contributed by atoms with E-state index in [2.05, 4.69) is 29.6 Å². The lowest BCUT2D eigenvalue weighted by molar-refractivity contribution is -0.122. The van der Waals surface area contributed by atoms with Crippen LogP contribution in [-0.4, -0.2) is 60.1 Å². The number of halogens is 1. The molecular formula is C26H35ClN4O5. The van der Waals surface area contributed by atoms with Gasteiger partial charge in [0.25, 0.3) is 11.8 Å². The molecule has 10 heteroatoms. The number of ether oxygens (including phenoxy) is 1. The van der Waals surface area contributed by atoms with Gasteiger partial charge in [0.05, 0.1) is 18.2 Å². The smallest absolute Gasteiger partial charge is 0.276 e. The number of aromatic nitrogens is 1. The molecule has 0 saturated heterocycles. The summed E-state index contributed by atoms with van der Waals surface area (Å²) in [5.41, 5.74) is 0.532. The molecule has 2 N–H and O–H groups in total. The Morgan fingerprint density at radius 1 is 1.25 bits per heavy atom. The zero-order valence-electron chi connectivity index (χ0n) is 21.1. The normalized spacial score (nSPS) is 17.9. The summed E-state index contributed by atoms with van der Waals surface area (Å²) in [6.45, 7) is 6.92. The molecule has 0 radical (unpaired) electrons. The summed E-state index contributed by atoms with van der Waals surface area (Å²) in [5.74, 6) is 0.406. The topological polar surface area (TPSA) is 114 Å². The largest absolute Gasteiger partial charge is 0.491 e. The molecule has 0 bridgehead atoms. The highest BCUT2D eigenvalue weighted by atomic mass is 35.5. The lowest BCUT2D eigenvalue weighted by Crippen LogP contribution is -2.46. The fourth-order valence-corrected chi connectivity index (χ4v) is 4.27. The molecule has 3 rings (SSSR count). The van der Waals surface area contributed by atoms with Crippen molar-refractivity contribution in [3.05, 3.63) is 46.3 Å². The Balaban J connectivity index is 1.80. The average Bonchev–Trinajstić information content (AvgIpc) is 3.29. The van der Waals surface area contributed by atoms with Crippen molar-refractivity contribution in [1.29, 1.82) is 0 Å². The van der Waals surface area contributed by atoms with Crippen LogP contribution in [0.1, 0.15) is 73.1 Å². The highest BCUT2D eigenvalue weighted by Gasteiger charge is 2.24. The first-order valence-corrected chi connectivity index (χ1v) is 12.9. The first-order chi connectivity index (χ1) is 17.3. The molecule has 1 aromatic heterocycles. The van der Waals surface area contributed by atoms with E-state index in [4.69, 9.17) is 20.9 Å². The van der Waals surface area contributed by atoms with Crippen molar-refractivity contribution in [3.63, 3.8) is 0 Å². The van der Waals surface area contributed by atoms with Crippen LogP contribution >= 0.6 is 11.6 Å². The van der Waals surface area contributed by atoms with Crippen LogP contribution in [-0.2, 0) is 11.2 Å². The minimum Gasteiger partial charge on any atom is -0.491 e. The molecule has 9 nitrogen and oxygen atoms in total. The van der Waals surface area contributed by atoms with Gasteiger partial charge in [-0.3, -0.25) is 14.4 Å². The van der Waals surface area contributed by atoms with E-state index in [9.17, 15) is 14.4 Å². The van der Waals surface area contributed by atoms with Gasteiger partial charge in [-0.25, -0.2) is 0 Å². The quantitative estimate of drug-likeness (QED) is 0.621. The van der Waals surface area contributed by atoms with Crippen molar-refractivity contribution in [3.8, 4) is 5.75 Å². The molecule has 0 aliphatic carbocycles. The van der Waals surface area contributed by atoms with E-state index in [1.807, 2.05) is 6.92 Å². The second-order valence-electron chi connectivity index (χ2n) is 9.46. The van der Waals surface area contributed by atoms with Gasteiger partial charge in [0.15, 0.2) is 5.69 Å². The Morgan fingerprint density at radius 2 is 2.06 bits per heavy atom. The zero-order chi connectivity index (χ0) is 26.1. The van der Waals surface area contributed by atoms with Crippen molar-refractivity contribution >= 4 is 29.3 Å². The fourth-order valence-electron chi connectivity index (χ4n) is 4.10. The van der Waals surface area contributed by atoms with Gasteiger partial charge in [-0.2, -0.15) is 0 Å². The van der Waals surface area contributed by atoms with Crippen LogP contribution < -0.4 is 15.4 Å². The van der Waals surface area contributed by atoms with Crippen LogP contribution in [0.5, 0.6) is 5.75 Å². The number of carbonyl (C=O) groups excluding carboxylic acids is 3. The van der Waals surface area contributed by atoms with Crippen molar-refractivity contribution in [2.24, 2.45) is 5.92 Å². The average molecular weight is 519 g/mol.